The maximum atomic E-state index is 9.40. The molecule has 78 valence electrons. The van der Waals surface area contributed by atoms with Crippen molar-refractivity contribution >= 4 is 0 Å². The van der Waals surface area contributed by atoms with Gasteiger partial charge in [0, 0.05) is 23.2 Å². The predicted molar refractivity (Wildman–Crippen MR) is 55.4 cm³/mol. The van der Waals surface area contributed by atoms with Gasteiger partial charge in [0.2, 0.25) is 0 Å². The van der Waals surface area contributed by atoms with Crippen LogP contribution in [0.4, 0.5) is 0 Å². The number of aliphatic hydroxyl groups excluding tert-OH is 1. The summed E-state index contributed by atoms with van der Waals surface area (Å²) in [5.74, 6) is 0. The molecule has 0 aliphatic heterocycles. The summed E-state index contributed by atoms with van der Waals surface area (Å²) in [6.07, 6.45) is 2.22. The number of aromatic nitrogens is 2. The summed E-state index contributed by atoms with van der Waals surface area (Å²) in [6, 6.07) is 0. The van der Waals surface area contributed by atoms with Gasteiger partial charge in [0.1, 0.15) is 0 Å². The van der Waals surface area contributed by atoms with Crippen molar-refractivity contribution in [2.24, 2.45) is 0 Å². The van der Waals surface area contributed by atoms with Crippen LogP contribution in [-0.2, 0) is 12.0 Å². The summed E-state index contributed by atoms with van der Waals surface area (Å²) < 4.78 is 2.03. The molecule has 1 saturated carbocycles. The highest BCUT2D eigenvalue weighted by molar-refractivity contribution is 5.38. The second-order valence-electron chi connectivity index (χ2n) is 4.30. The van der Waals surface area contributed by atoms with Crippen molar-refractivity contribution in [3.63, 3.8) is 0 Å². The lowest BCUT2D eigenvalue weighted by Crippen LogP contribution is -2.14. The van der Waals surface area contributed by atoms with Crippen molar-refractivity contribution < 1.29 is 5.11 Å². The van der Waals surface area contributed by atoms with Gasteiger partial charge in [-0.2, -0.15) is 5.10 Å². The topological polar surface area (TPSA) is 38.0 Å². The Balaban J connectivity index is 2.47. The second-order valence-corrected chi connectivity index (χ2v) is 4.30. The standard InChI is InChI=1S/C11H18N2O/c1-4-13-9(3)10(8(2)12-13)11(7-14)5-6-11/h14H,4-7H2,1-3H3. The Morgan fingerprint density at radius 2 is 2.07 bits per heavy atom. The van der Waals surface area contributed by atoms with Crippen molar-refractivity contribution in [1.82, 2.24) is 9.78 Å². The number of rotatable bonds is 3. The van der Waals surface area contributed by atoms with Gasteiger partial charge in [0.05, 0.1) is 12.3 Å². The van der Waals surface area contributed by atoms with Crippen molar-refractivity contribution in [3.05, 3.63) is 17.0 Å². The molecule has 1 aromatic rings. The van der Waals surface area contributed by atoms with Crippen molar-refractivity contribution in [1.29, 1.82) is 0 Å². The average Bonchev–Trinajstić information content (AvgIpc) is 2.90. The summed E-state index contributed by atoms with van der Waals surface area (Å²) in [7, 11) is 0. The predicted octanol–water partition coefficient (Wildman–Crippen LogP) is 1.54. The van der Waals surface area contributed by atoms with Gasteiger partial charge < -0.3 is 5.11 Å². The third kappa shape index (κ3) is 1.19. The summed E-state index contributed by atoms with van der Waals surface area (Å²) >= 11 is 0. The lowest BCUT2D eigenvalue weighted by Gasteiger charge is -2.12. The van der Waals surface area contributed by atoms with Crippen LogP contribution >= 0.6 is 0 Å². The maximum Gasteiger partial charge on any atom is 0.0635 e. The van der Waals surface area contributed by atoms with E-state index in [1.54, 1.807) is 0 Å². The van der Waals surface area contributed by atoms with Crippen LogP contribution < -0.4 is 0 Å². The van der Waals surface area contributed by atoms with Crippen LogP contribution in [0.3, 0.4) is 0 Å². The smallest absolute Gasteiger partial charge is 0.0635 e. The number of aryl methyl sites for hydroxylation is 2. The highest BCUT2D eigenvalue weighted by atomic mass is 16.3. The molecular weight excluding hydrogens is 176 g/mol. The van der Waals surface area contributed by atoms with Crippen LogP contribution in [0.1, 0.15) is 36.7 Å². The minimum Gasteiger partial charge on any atom is -0.395 e. The number of aliphatic hydroxyl groups is 1. The fourth-order valence-corrected chi connectivity index (χ4v) is 2.41. The van der Waals surface area contributed by atoms with Crippen LogP contribution in [-0.4, -0.2) is 21.5 Å². The Hall–Kier alpha value is -0.830. The molecule has 1 aliphatic carbocycles. The Morgan fingerprint density at radius 3 is 2.43 bits per heavy atom. The highest BCUT2D eigenvalue weighted by Crippen LogP contribution is 2.49. The van der Waals surface area contributed by atoms with E-state index >= 15 is 0 Å². The third-order valence-electron chi connectivity index (χ3n) is 3.37. The van der Waals surface area contributed by atoms with Gasteiger partial charge >= 0.3 is 0 Å². The van der Waals surface area contributed by atoms with E-state index in [9.17, 15) is 5.11 Å². The van der Waals surface area contributed by atoms with E-state index < -0.39 is 0 Å². The molecule has 0 aromatic carbocycles. The van der Waals surface area contributed by atoms with Gasteiger partial charge in [0.15, 0.2) is 0 Å². The first-order valence-corrected chi connectivity index (χ1v) is 5.30. The third-order valence-corrected chi connectivity index (χ3v) is 3.37. The molecule has 0 amide bonds. The van der Waals surface area contributed by atoms with Crippen molar-refractivity contribution in [2.45, 2.75) is 45.6 Å². The lowest BCUT2D eigenvalue weighted by molar-refractivity contribution is 0.254. The van der Waals surface area contributed by atoms with Crippen LogP contribution in [0.2, 0.25) is 0 Å². The SMILES string of the molecule is CCn1nc(C)c(C2(CO)CC2)c1C. The van der Waals surface area contributed by atoms with E-state index in [4.69, 9.17) is 0 Å². The fourth-order valence-electron chi connectivity index (χ4n) is 2.41. The molecule has 3 heteroatoms. The molecule has 0 unspecified atom stereocenters. The molecule has 1 heterocycles. The second kappa shape index (κ2) is 3.09. The zero-order chi connectivity index (χ0) is 10.3. The minimum absolute atomic E-state index is 0.0571. The summed E-state index contributed by atoms with van der Waals surface area (Å²) in [6.45, 7) is 7.43. The van der Waals surface area contributed by atoms with E-state index in [2.05, 4.69) is 18.9 Å². The lowest BCUT2D eigenvalue weighted by atomic mass is 9.95. The molecule has 0 radical (unpaired) electrons. The van der Waals surface area contributed by atoms with Gasteiger partial charge in [-0.25, -0.2) is 0 Å². The van der Waals surface area contributed by atoms with Gasteiger partial charge in [-0.3, -0.25) is 4.68 Å². The molecule has 1 aromatic heterocycles. The highest BCUT2D eigenvalue weighted by Gasteiger charge is 2.47. The first kappa shape index (κ1) is 9.71. The molecule has 1 fully saturated rings. The summed E-state index contributed by atoms with van der Waals surface area (Å²) in [4.78, 5) is 0. The van der Waals surface area contributed by atoms with E-state index in [0.29, 0.717) is 0 Å². The summed E-state index contributed by atoms with van der Waals surface area (Å²) in [5, 5.41) is 13.9. The van der Waals surface area contributed by atoms with E-state index in [1.807, 2.05) is 11.6 Å². The molecule has 0 spiro atoms. The minimum atomic E-state index is 0.0571. The molecule has 0 atom stereocenters. The zero-order valence-corrected chi connectivity index (χ0v) is 9.17. The molecular formula is C11H18N2O. The fraction of sp³-hybridized carbons (Fsp3) is 0.727. The zero-order valence-electron chi connectivity index (χ0n) is 9.17. The van der Waals surface area contributed by atoms with Crippen molar-refractivity contribution in [2.75, 3.05) is 6.61 Å². The number of nitrogens with zero attached hydrogens (tertiary/aromatic N) is 2. The number of hydrogen-bond donors (Lipinski definition) is 1. The van der Waals surface area contributed by atoms with Crippen molar-refractivity contribution in [3.8, 4) is 0 Å². The Bertz CT molecular complexity index is 350. The van der Waals surface area contributed by atoms with Crippen LogP contribution in [0, 0.1) is 13.8 Å². The Kier molecular flexibility index (Phi) is 2.14. The molecule has 0 saturated heterocycles. The normalized spacial score (nSPS) is 18.6. The molecule has 2 rings (SSSR count). The largest absolute Gasteiger partial charge is 0.395 e. The molecule has 0 bridgehead atoms. The first-order valence-electron chi connectivity index (χ1n) is 5.30. The summed E-state index contributed by atoms with van der Waals surface area (Å²) in [5.41, 5.74) is 3.68. The molecule has 3 nitrogen and oxygen atoms in total. The molecule has 14 heavy (non-hydrogen) atoms. The van der Waals surface area contributed by atoms with Crippen LogP contribution in [0.15, 0.2) is 0 Å². The monoisotopic (exact) mass is 194 g/mol. The average molecular weight is 194 g/mol. The first-order chi connectivity index (χ1) is 6.64. The van der Waals surface area contributed by atoms with Gasteiger partial charge in [-0.1, -0.05) is 0 Å². The van der Waals surface area contributed by atoms with Crippen LogP contribution in [0.5, 0.6) is 0 Å². The van der Waals surface area contributed by atoms with Gasteiger partial charge in [0.25, 0.3) is 0 Å². The Labute approximate surface area is 84.7 Å². The maximum absolute atomic E-state index is 9.40. The van der Waals surface area contributed by atoms with E-state index in [-0.39, 0.29) is 12.0 Å². The Morgan fingerprint density at radius 1 is 1.43 bits per heavy atom. The number of hydrogen-bond acceptors (Lipinski definition) is 2. The van der Waals surface area contributed by atoms with E-state index in [1.165, 1.54) is 11.3 Å². The van der Waals surface area contributed by atoms with Gasteiger partial charge in [-0.05, 0) is 33.6 Å². The molecule has 1 aliphatic rings. The quantitative estimate of drug-likeness (QED) is 0.792. The van der Waals surface area contributed by atoms with E-state index in [0.717, 1.165) is 25.1 Å². The van der Waals surface area contributed by atoms with Gasteiger partial charge in [-0.15, -0.1) is 0 Å². The van der Waals surface area contributed by atoms with Crippen LogP contribution in [0.25, 0.3) is 0 Å². The molecule has 1 N–H and O–H groups in total.